The van der Waals surface area contributed by atoms with Crippen molar-refractivity contribution in [3.8, 4) is 0 Å². The van der Waals surface area contributed by atoms with Gasteiger partial charge in [-0.15, -0.1) is 0 Å². The molecule has 2 aromatic rings. The lowest BCUT2D eigenvalue weighted by atomic mass is 10.2. The summed E-state index contributed by atoms with van der Waals surface area (Å²) in [6, 6.07) is 6.09. The molecule has 2 N–H and O–H groups in total. The highest BCUT2D eigenvalue weighted by Gasteiger charge is 2.24. The Hall–Kier alpha value is -1.71. The van der Waals surface area contributed by atoms with E-state index in [0.717, 1.165) is 5.69 Å². The summed E-state index contributed by atoms with van der Waals surface area (Å²) in [5.74, 6) is -0.0635. The Kier molecular flexibility index (Phi) is 5.79. The first-order valence-corrected chi connectivity index (χ1v) is 9.66. The van der Waals surface area contributed by atoms with Crippen LogP contribution in [0, 0.1) is 6.92 Å². The van der Waals surface area contributed by atoms with Crippen molar-refractivity contribution >= 4 is 37.7 Å². The molecule has 1 amide bonds. The number of carbonyl (C=O) groups is 1. The number of benzene rings is 1. The molecule has 0 fully saturated rings. The maximum Gasteiger partial charge on any atom is 0.258 e. The van der Waals surface area contributed by atoms with E-state index in [1.54, 1.807) is 26.0 Å². The number of nitrogens with one attached hydrogen (secondary N) is 2. The molecule has 7 nitrogen and oxygen atoms in total. The highest BCUT2D eigenvalue weighted by atomic mass is 79.9. The Labute approximate surface area is 149 Å². The van der Waals surface area contributed by atoms with Gasteiger partial charge in [-0.2, -0.15) is 9.40 Å². The van der Waals surface area contributed by atoms with E-state index in [2.05, 4.69) is 31.4 Å². The Morgan fingerprint density at radius 2 is 1.96 bits per heavy atom. The van der Waals surface area contributed by atoms with E-state index in [0.29, 0.717) is 23.4 Å². The molecule has 0 saturated heterocycles. The van der Waals surface area contributed by atoms with Gasteiger partial charge in [-0.1, -0.05) is 13.8 Å². The van der Waals surface area contributed by atoms with Gasteiger partial charge in [-0.25, -0.2) is 8.42 Å². The maximum absolute atomic E-state index is 12.6. The average molecular weight is 415 g/mol. The Bertz CT molecular complexity index is 844. The number of halogens is 1. The van der Waals surface area contributed by atoms with Gasteiger partial charge in [0.15, 0.2) is 5.82 Å². The fourth-order valence-corrected chi connectivity index (χ4v) is 4.13. The van der Waals surface area contributed by atoms with Crippen molar-refractivity contribution in [2.45, 2.75) is 25.7 Å². The Morgan fingerprint density at radius 1 is 1.29 bits per heavy atom. The lowest BCUT2D eigenvalue weighted by Gasteiger charge is -2.19. The quantitative estimate of drug-likeness (QED) is 0.759. The van der Waals surface area contributed by atoms with Crippen LogP contribution in [0.3, 0.4) is 0 Å². The molecule has 0 aliphatic carbocycles. The Morgan fingerprint density at radius 3 is 2.50 bits per heavy atom. The van der Waals surface area contributed by atoms with Crippen LogP contribution in [-0.2, 0) is 10.0 Å². The number of nitrogens with zero attached hydrogens (tertiary/aromatic N) is 2. The standard InChI is InChI=1S/C15H19BrN4O3S/c1-4-20(5-2)24(22,23)11-6-7-13(16)12(9-11)15(21)17-14-8-10(3)18-19-14/h6-9H,4-5H2,1-3H3,(H2,17,18,19,21). The average Bonchev–Trinajstić information content (AvgIpc) is 2.93. The lowest BCUT2D eigenvalue weighted by molar-refractivity contribution is 0.102. The van der Waals surface area contributed by atoms with Crippen LogP contribution in [-0.4, -0.2) is 41.9 Å². The zero-order valence-corrected chi connectivity index (χ0v) is 16.0. The molecule has 0 bridgehead atoms. The van der Waals surface area contributed by atoms with Gasteiger partial charge in [0.05, 0.1) is 10.5 Å². The molecule has 0 aliphatic rings. The SMILES string of the molecule is CCN(CC)S(=O)(=O)c1ccc(Br)c(C(=O)Nc2cc(C)[nH]n2)c1. The van der Waals surface area contributed by atoms with Crippen LogP contribution in [0.15, 0.2) is 33.6 Å². The minimum Gasteiger partial charge on any atom is -0.305 e. The van der Waals surface area contributed by atoms with Crippen LogP contribution in [0.5, 0.6) is 0 Å². The summed E-state index contributed by atoms with van der Waals surface area (Å²) < 4.78 is 27.1. The summed E-state index contributed by atoms with van der Waals surface area (Å²) in [7, 11) is -3.63. The van der Waals surface area contributed by atoms with E-state index in [9.17, 15) is 13.2 Å². The normalized spacial score (nSPS) is 11.7. The molecular weight excluding hydrogens is 396 g/mol. The van der Waals surface area contributed by atoms with Gasteiger partial charge in [-0.3, -0.25) is 9.89 Å². The number of anilines is 1. The second-order valence-corrected chi connectivity index (χ2v) is 7.91. The summed E-state index contributed by atoms with van der Waals surface area (Å²) in [4.78, 5) is 12.5. The number of rotatable bonds is 6. The second-order valence-electron chi connectivity index (χ2n) is 5.12. The first kappa shape index (κ1) is 18.6. The third-order valence-corrected chi connectivity index (χ3v) is 6.21. The van der Waals surface area contributed by atoms with E-state index in [1.807, 2.05) is 6.92 Å². The highest BCUT2D eigenvalue weighted by molar-refractivity contribution is 9.10. The number of sulfonamides is 1. The topological polar surface area (TPSA) is 95.2 Å². The van der Waals surface area contributed by atoms with Crippen molar-refractivity contribution < 1.29 is 13.2 Å². The molecule has 9 heteroatoms. The molecule has 1 aromatic heterocycles. The number of aryl methyl sites for hydroxylation is 1. The van der Waals surface area contributed by atoms with Crippen LogP contribution in [0.1, 0.15) is 29.9 Å². The Balaban J connectivity index is 2.36. The highest BCUT2D eigenvalue weighted by Crippen LogP contribution is 2.24. The number of hydrogen-bond donors (Lipinski definition) is 2. The van der Waals surface area contributed by atoms with E-state index >= 15 is 0 Å². The zero-order valence-electron chi connectivity index (χ0n) is 13.6. The third kappa shape index (κ3) is 3.85. The molecule has 130 valence electrons. The van der Waals surface area contributed by atoms with Crippen molar-refractivity contribution in [2.24, 2.45) is 0 Å². The first-order chi connectivity index (χ1) is 11.3. The zero-order chi connectivity index (χ0) is 17.9. The number of carbonyl (C=O) groups excluding carboxylic acids is 1. The summed E-state index contributed by atoms with van der Waals surface area (Å²) in [6.45, 7) is 6.09. The first-order valence-electron chi connectivity index (χ1n) is 7.42. The molecule has 0 radical (unpaired) electrons. The largest absolute Gasteiger partial charge is 0.305 e. The number of amides is 1. The van der Waals surface area contributed by atoms with Crippen molar-refractivity contribution in [3.63, 3.8) is 0 Å². The molecule has 0 unspecified atom stereocenters. The minimum atomic E-state index is -3.63. The van der Waals surface area contributed by atoms with Crippen LogP contribution >= 0.6 is 15.9 Å². The molecule has 0 atom stereocenters. The number of H-pyrrole nitrogens is 1. The summed E-state index contributed by atoms with van der Waals surface area (Å²) in [6.07, 6.45) is 0. The molecule has 24 heavy (non-hydrogen) atoms. The van der Waals surface area contributed by atoms with E-state index in [-0.39, 0.29) is 10.5 Å². The van der Waals surface area contributed by atoms with Crippen molar-refractivity contribution in [3.05, 3.63) is 40.0 Å². The molecule has 1 aromatic carbocycles. The van der Waals surface area contributed by atoms with Crippen LogP contribution < -0.4 is 5.32 Å². The smallest absolute Gasteiger partial charge is 0.258 e. The summed E-state index contributed by atoms with van der Waals surface area (Å²) in [5, 5.41) is 9.30. The van der Waals surface area contributed by atoms with Crippen LogP contribution in [0.2, 0.25) is 0 Å². The summed E-state index contributed by atoms with van der Waals surface area (Å²) >= 11 is 3.29. The molecule has 1 heterocycles. The van der Waals surface area contributed by atoms with Gasteiger partial charge in [0.2, 0.25) is 10.0 Å². The molecule has 0 aliphatic heterocycles. The van der Waals surface area contributed by atoms with Gasteiger partial charge < -0.3 is 5.32 Å². The molecule has 0 spiro atoms. The monoisotopic (exact) mass is 414 g/mol. The van der Waals surface area contributed by atoms with Gasteiger partial charge in [0, 0.05) is 29.3 Å². The van der Waals surface area contributed by atoms with Crippen molar-refractivity contribution in [2.75, 3.05) is 18.4 Å². The third-order valence-electron chi connectivity index (χ3n) is 3.47. The van der Waals surface area contributed by atoms with E-state index < -0.39 is 15.9 Å². The predicted molar refractivity (Wildman–Crippen MR) is 95.5 cm³/mol. The second kappa shape index (κ2) is 7.45. The number of aromatic nitrogens is 2. The van der Waals surface area contributed by atoms with Gasteiger partial charge in [-0.05, 0) is 41.1 Å². The minimum absolute atomic E-state index is 0.0813. The molecule has 0 saturated carbocycles. The van der Waals surface area contributed by atoms with E-state index in [1.165, 1.54) is 16.4 Å². The molecular formula is C15H19BrN4O3S. The molecule has 2 rings (SSSR count). The number of hydrogen-bond acceptors (Lipinski definition) is 4. The van der Waals surface area contributed by atoms with E-state index in [4.69, 9.17) is 0 Å². The predicted octanol–water partition coefficient (Wildman–Crippen LogP) is 2.76. The van der Waals surface area contributed by atoms with Gasteiger partial charge in [0.25, 0.3) is 5.91 Å². The van der Waals surface area contributed by atoms with Crippen LogP contribution in [0.25, 0.3) is 0 Å². The van der Waals surface area contributed by atoms with Gasteiger partial charge >= 0.3 is 0 Å². The lowest BCUT2D eigenvalue weighted by Crippen LogP contribution is -2.30. The summed E-state index contributed by atoms with van der Waals surface area (Å²) in [5.41, 5.74) is 1.03. The fraction of sp³-hybridized carbons (Fsp3) is 0.333. The van der Waals surface area contributed by atoms with Crippen molar-refractivity contribution in [1.29, 1.82) is 0 Å². The van der Waals surface area contributed by atoms with Crippen LogP contribution in [0.4, 0.5) is 5.82 Å². The maximum atomic E-state index is 12.6. The number of aromatic amines is 1. The fourth-order valence-electron chi connectivity index (χ4n) is 2.22. The van der Waals surface area contributed by atoms with Crippen molar-refractivity contribution in [1.82, 2.24) is 14.5 Å². The van der Waals surface area contributed by atoms with Gasteiger partial charge in [0.1, 0.15) is 0 Å².